The van der Waals surface area contributed by atoms with Crippen LogP contribution in [0.4, 0.5) is 0 Å². The minimum absolute atomic E-state index is 0.465. The molecule has 4 aliphatic heterocycles. The van der Waals surface area contributed by atoms with Crippen molar-refractivity contribution in [2.24, 2.45) is 0 Å². The third-order valence-corrected chi connectivity index (χ3v) is 12.2. The molecule has 0 aliphatic carbocycles. The Labute approximate surface area is 341 Å². The van der Waals surface area contributed by atoms with E-state index in [0.717, 1.165) is 34.8 Å². The Hall–Kier alpha value is -3.72. The van der Waals surface area contributed by atoms with E-state index in [4.69, 9.17) is 56.8 Å². The maximum atomic E-state index is 14.6. The summed E-state index contributed by atoms with van der Waals surface area (Å²) >= 11 is -0.899. The van der Waals surface area contributed by atoms with Crippen molar-refractivity contribution in [3.05, 3.63) is 30.3 Å². The van der Waals surface area contributed by atoms with Crippen molar-refractivity contribution in [1.82, 2.24) is 5.32 Å². The molecule has 58 heavy (non-hydrogen) atoms. The van der Waals surface area contributed by atoms with E-state index in [1.807, 2.05) is 0 Å². The zero-order chi connectivity index (χ0) is 42.7. The Kier molecular flexibility index (Phi) is 14.3. The third kappa shape index (κ3) is 10.5. The van der Waals surface area contributed by atoms with Crippen LogP contribution in [-0.4, -0.2) is 150 Å². The summed E-state index contributed by atoms with van der Waals surface area (Å²) in [6.45, 7) is 11.3. The number of hydrogen-bond acceptors (Lipinski definition) is 18. The minimum atomic E-state index is -2.55. The van der Waals surface area contributed by atoms with Crippen LogP contribution in [-0.2, 0) is 85.6 Å². The molecule has 0 spiro atoms. The van der Waals surface area contributed by atoms with Crippen molar-refractivity contribution < 1.29 is 85.6 Å². The molecule has 20 heteroatoms. The number of nitrogens with one attached hydrogen (secondary N) is 1. The van der Waals surface area contributed by atoms with Gasteiger partial charge < -0.3 is 0 Å². The maximum absolute atomic E-state index is 14.6. The van der Waals surface area contributed by atoms with Crippen LogP contribution in [0.25, 0.3) is 0 Å². The normalized spacial score (nSPS) is 33.0. The second-order valence-electron chi connectivity index (χ2n) is 14.9. The SMILES string of the molecule is COC(=O)[C@]1(OC[C@H]2O[C@@H]3OC(C)(C)O[C@@H]3[C@H]3OC(C)(C)O[C@H]32)O[C@@H]([C@H](OC(C)=O)[C@@H](COC(C)=O)OC(C)=O)[C@H](NC(C)=O)[C@@H](OC(C)=O)[C@@H]1[Se]c1ccccc1. The van der Waals surface area contributed by atoms with Gasteiger partial charge in [-0.05, 0) is 0 Å². The molecule has 0 unspecified atom stereocenters. The van der Waals surface area contributed by atoms with Crippen molar-refractivity contribution in [2.45, 2.75) is 146 Å². The summed E-state index contributed by atoms with van der Waals surface area (Å²) in [4.78, 5) is 76.6. The number of amides is 1. The van der Waals surface area contributed by atoms with Gasteiger partial charge in [0.15, 0.2) is 0 Å². The van der Waals surface area contributed by atoms with Crippen molar-refractivity contribution in [2.75, 3.05) is 20.3 Å². The molecule has 1 aromatic rings. The van der Waals surface area contributed by atoms with E-state index in [-0.39, 0.29) is 0 Å². The first kappa shape index (κ1) is 45.4. The van der Waals surface area contributed by atoms with Crippen molar-refractivity contribution >= 4 is 55.2 Å². The van der Waals surface area contributed by atoms with Gasteiger partial charge in [0, 0.05) is 0 Å². The summed E-state index contributed by atoms with van der Waals surface area (Å²) in [5.74, 6) is -9.83. The van der Waals surface area contributed by atoms with E-state index in [1.54, 1.807) is 58.0 Å². The van der Waals surface area contributed by atoms with Crippen LogP contribution in [0.2, 0.25) is 4.82 Å². The zero-order valence-electron chi connectivity index (χ0n) is 33.9. The Morgan fingerprint density at radius 2 is 1.40 bits per heavy atom. The summed E-state index contributed by atoms with van der Waals surface area (Å²) in [6.07, 6.45) is -10.7. The zero-order valence-corrected chi connectivity index (χ0v) is 35.6. The summed E-state index contributed by atoms with van der Waals surface area (Å²) in [7, 11) is 1.09. The monoisotopic (exact) mass is 889 g/mol. The van der Waals surface area contributed by atoms with Crippen LogP contribution in [0.3, 0.4) is 0 Å². The van der Waals surface area contributed by atoms with E-state index < -0.39 is 147 Å². The number of methoxy groups -OCH3 is 1. The van der Waals surface area contributed by atoms with Crippen molar-refractivity contribution in [3.63, 3.8) is 0 Å². The molecule has 322 valence electrons. The van der Waals surface area contributed by atoms with Crippen molar-refractivity contribution in [3.8, 4) is 0 Å². The van der Waals surface area contributed by atoms with Gasteiger partial charge in [0.05, 0.1) is 0 Å². The van der Waals surface area contributed by atoms with E-state index in [1.165, 1.54) is 6.92 Å². The van der Waals surface area contributed by atoms with E-state index >= 15 is 0 Å². The first-order chi connectivity index (χ1) is 27.1. The second-order valence-corrected chi connectivity index (χ2v) is 17.5. The molecule has 12 atom stereocenters. The van der Waals surface area contributed by atoms with Gasteiger partial charge >= 0.3 is 342 Å². The molecule has 1 N–H and O–H groups in total. The third-order valence-electron chi connectivity index (χ3n) is 9.31. The summed E-state index contributed by atoms with van der Waals surface area (Å²) in [6, 6.07) is 7.46. The molecular weight excluding hydrogens is 837 g/mol. The van der Waals surface area contributed by atoms with Gasteiger partial charge in [-0.3, -0.25) is 0 Å². The molecule has 4 aliphatic rings. The molecule has 0 saturated carbocycles. The molecule has 0 bridgehead atoms. The van der Waals surface area contributed by atoms with Gasteiger partial charge in [-0.15, -0.1) is 0 Å². The Morgan fingerprint density at radius 3 is 1.98 bits per heavy atom. The first-order valence-corrected chi connectivity index (χ1v) is 20.4. The summed E-state index contributed by atoms with van der Waals surface area (Å²) < 4.78 is 73.1. The Bertz CT molecular complexity index is 1690. The van der Waals surface area contributed by atoms with Crippen LogP contribution in [0.15, 0.2) is 30.3 Å². The quantitative estimate of drug-likeness (QED) is 0.151. The molecule has 1 aromatic carbocycles. The average molecular weight is 889 g/mol. The molecule has 4 fully saturated rings. The van der Waals surface area contributed by atoms with Crippen LogP contribution in [0.5, 0.6) is 0 Å². The number of carbonyl (C=O) groups excluding carboxylic acids is 6. The number of carbonyl (C=O) groups is 6. The summed E-state index contributed by atoms with van der Waals surface area (Å²) in [5.41, 5.74) is 0. The number of ether oxygens (including phenoxy) is 12. The topological polar surface area (TPSA) is 225 Å². The van der Waals surface area contributed by atoms with Gasteiger partial charge in [-0.25, -0.2) is 0 Å². The van der Waals surface area contributed by atoms with Crippen LogP contribution in [0, 0.1) is 0 Å². The fraction of sp³-hybridized carbons (Fsp3) is 0.684. The Morgan fingerprint density at radius 1 is 0.776 bits per heavy atom. The summed E-state index contributed by atoms with van der Waals surface area (Å²) in [5, 5.41) is 2.73. The molecule has 0 aromatic heterocycles. The van der Waals surface area contributed by atoms with Crippen LogP contribution < -0.4 is 9.78 Å². The first-order valence-electron chi connectivity index (χ1n) is 18.6. The predicted molar refractivity (Wildman–Crippen MR) is 195 cm³/mol. The van der Waals surface area contributed by atoms with Crippen LogP contribution >= 0.6 is 0 Å². The molecular formula is C38H51NO18Se. The van der Waals surface area contributed by atoms with Crippen molar-refractivity contribution in [1.29, 1.82) is 0 Å². The number of fused-ring (bicyclic) bond motifs is 3. The second kappa shape index (κ2) is 18.3. The van der Waals surface area contributed by atoms with Crippen LogP contribution in [0.1, 0.15) is 62.3 Å². The number of benzene rings is 1. The van der Waals surface area contributed by atoms with Gasteiger partial charge in [-0.2, -0.15) is 0 Å². The van der Waals surface area contributed by atoms with Gasteiger partial charge in [0.1, 0.15) is 0 Å². The number of hydrogen-bond donors (Lipinski definition) is 1. The predicted octanol–water partition coefficient (Wildman–Crippen LogP) is 0.349. The standard InChI is InChI=1S/C38H51NO18Se/c1-18(40)39-26-29(27(50-21(4)43)24(49-20(3)42)16-47-19(2)41)56-38(35(45)46-10,33(30(26)51-22(5)44)58-23-14-12-11-13-15-23)48-17-25-28-31(54-36(6,7)53-28)32-34(52-25)57-37(8,9)55-32/h11-15,24-34H,16-17H2,1-10H3,(H,39,40)/t24-,25-,26+,27-,28+,29-,30-,31+,32-,33+,34-,38-/m1/s1. The van der Waals surface area contributed by atoms with Gasteiger partial charge in [0.2, 0.25) is 0 Å². The van der Waals surface area contributed by atoms with Gasteiger partial charge in [0.25, 0.3) is 0 Å². The van der Waals surface area contributed by atoms with E-state index in [0.29, 0.717) is 4.46 Å². The molecule has 0 radical (unpaired) electrons. The fourth-order valence-electron chi connectivity index (χ4n) is 7.39. The molecule has 5 rings (SSSR count). The molecule has 4 saturated heterocycles. The molecule has 19 nitrogen and oxygen atoms in total. The average Bonchev–Trinajstić information content (AvgIpc) is 3.63. The number of rotatable bonds is 14. The number of esters is 5. The van der Waals surface area contributed by atoms with E-state index in [2.05, 4.69) is 5.32 Å². The fourth-order valence-corrected chi connectivity index (χ4v) is 10.2. The molecule has 4 heterocycles. The van der Waals surface area contributed by atoms with Gasteiger partial charge in [-0.1, -0.05) is 0 Å². The molecule has 1 amide bonds. The Balaban J connectivity index is 1.68. The van der Waals surface area contributed by atoms with E-state index in [9.17, 15) is 28.8 Å².